The van der Waals surface area contributed by atoms with Gasteiger partial charge in [-0.15, -0.1) is 0 Å². The average molecular weight is 306 g/mol. The van der Waals surface area contributed by atoms with Gasteiger partial charge in [-0.25, -0.2) is 9.00 Å². The van der Waals surface area contributed by atoms with Gasteiger partial charge in [0.05, 0.1) is 5.75 Å². The van der Waals surface area contributed by atoms with Crippen molar-refractivity contribution in [3.8, 4) is 0 Å². The molecule has 0 aromatic heterocycles. The van der Waals surface area contributed by atoms with Crippen molar-refractivity contribution in [1.29, 1.82) is 0 Å². The molecule has 0 bridgehead atoms. The lowest BCUT2D eigenvalue weighted by atomic mass is 9.99. The molecule has 0 spiro atoms. The number of carbonyl (C=O) groups is 1. The number of nitrogens with one attached hydrogen (secondary N) is 1. The molecule has 0 aliphatic carbocycles. The third-order valence-electron chi connectivity index (χ3n) is 3.18. The first kappa shape index (κ1) is 17.4. The normalized spacial score (nSPS) is 19.6. The molecule has 1 unspecified atom stereocenters. The van der Waals surface area contributed by atoms with Crippen LogP contribution < -0.4 is 5.32 Å². The summed E-state index contributed by atoms with van der Waals surface area (Å²) in [6.45, 7) is 8.68. The number of ether oxygens (including phenoxy) is 1. The van der Waals surface area contributed by atoms with Crippen LogP contribution in [0.4, 0.5) is 4.79 Å². The third kappa shape index (κ3) is 7.81. The number of hydrogen-bond acceptors (Lipinski definition) is 4. The highest BCUT2D eigenvalue weighted by molar-refractivity contribution is 7.79. The quantitative estimate of drug-likeness (QED) is 0.752. The minimum absolute atomic E-state index is 0.343. The molecule has 7 heteroatoms. The Bertz CT molecular complexity index is 336. The van der Waals surface area contributed by atoms with Crippen LogP contribution in [-0.2, 0) is 15.8 Å². The molecule has 1 aliphatic rings. The molecule has 1 saturated heterocycles. The van der Waals surface area contributed by atoms with Crippen LogP contribution in [0.3, 0.4) is 0 Å². The molecular formula is C13H26N2O4S. The van der Waals surface area contributed by atoms with E-state index in [2.05, 4.69) is 10.2 Å². The molecule has 1 amide bonds. The zero-order valence-electron chi connectivity index (χ0n) is 12.6. The van der Waals surface area contributed by atoms with E-state index in [-0.39, 0.29) is 6.09 Å². The van der Waals surface area contributed by atoms with Gasteiger partial charge in [0, 0.05) is 13.1 Å². The first-order valence-corrected chi connectivity index (χ1v) is 8.30. The predicted octanol–water partition coefficient (Wildman–Crippen LogP) is 1.44. The molecule has 1 fully saturated rings. The van der Waals surface area contributed by atoms with E-state index < -0.39 is 16.7 Å². The van der Waals surface area contributed by atoms with E-state index >= 15 is 0 Å². The zero-order valence-corrected chi connectivity index (χ0v) is 13.4. The Balaban J connectivity index is 2.12. The fourth-order valence-electron chi connectivity index (χ4n) is 2.21. The summed E-state index contributed by atoms with van der Waals surface area (Å²) >= 11 is -1.69. The molecule has 1 rings (SSSR count). The van der Waals surface area contributed by atoms with Crippen molar-refractivity contribution in [2.75, 3.05) is 31.9 Å². The van der Waals surface area contributed by atoms with Gasteiger partial charge in [0.2, 0.25) is 0 Å². The van der Waals surface area contributed by atoms with Gasteiger partial charge in [0.15, 0.2) is 11.1 Å². The first-order valence-electron chi connectivity index (χ1n) is 7.03. The van der Waals surface area contributed by atoms with Crippen molar-refractivity contribution in [2.24, 2.45) is 5.92 Å². The molecule has 0 saturated carbocycles. The van der Waals surface area contributed by atoms with E-state index in [4.69, 9.17) is 9.29 Å². The molecule has 118 valence electrons. The first-order chi connectivity index (χ1) is 9.26. The number of hydrogen-bond donors (Lipinski definition) is 2. The van der Waals surface area contributed by atoms with E-state index in [1.807, 2.05) is 20.8 Å². The second-order valence-electron chi connectivity index (χ2n) is 6.20. The van der Waals surface area contributed by atoms with Crippen LogP contribution in [0.5, 0.6) is 0 Å². The average Bonchev–Trinajstić information content (AvgIpc) is 2.28. The standard InChI is InChI=1S/C13H26N2O4S/c1-13(2,3)19-12(16)14-6-9-15-7-4-11(5-8-15)10-20(17)18/h11H,4-10H2,1-3H3,(H,14,16)(H,17,18). The molecule has 0 aromatic carbocycles. The van der Waals surface area contributed by atoms with Gasteiger partial charge in [0.1, 0.15) is 5.60 Å². The Hall–Kier alpha value is -0.660. The second-order valence-corrected chi connectivity index (χ2v) is 7.18. The van der Waals surface area contributed by atoms with Crippen molar-refractivity contribution in [3.63, 3.8) is 0 Å². The van der Waals surface area contributed by atoms with Gasteiger partial charge in [-0.2, -0.15) is 0 Å². The van der Waals surface area contributed by atoms with Crippen LogP contribution in [0.25, 0.3) is 0 Å². The van der Waals surface area contributed by atoms with Crippen LogP contribution in [0.1, 0.15) is 33.6 Å². The number of rotatable bonds is 5. The van der Waals surface area contributed by atoms with Gasteiger partial charge in [-0.3, -0.25) is 0 Å². The van der Waals surface area contributed by atoms with Crippen LogP contribution in [0.15, 0.2) is 0 Å². The zero-order chi connectivity index (χ0) is 15.2. The van der Waals surface area contributed by atoms with Crippen molar-refractivity contribution >= 4 is 17.2 Å². The Morgan fingerprint density at radius 3 is 2.50 bits per heavy atom. The maximum absolute atomic E-state index is 11.5. The number of alkyl carbamates (subject to hydrolysis) is 1. The molecule has 6 nitrogen and oxygen atoms in total. The summed E-state index contributed by atoms with van der Waals surface area (Å²) in [6.07, 6.45) is 1.50. The van der Waals surface area contributed by atoms with Crippen LogP contribution in [-0.4, -0.2) is 57.3 Å². The topological polar surface area (TPSA) is 78.9 Å². The maximum Gasteiger partial charge on any atom is 0.407 e. The van der Waals surface area contributed by atoms with E-state index in [0.29, 0.717) is 18.2 Å². The minimum Gasteiger partial charge on any atom is -0.444 e. The maximum atomic E-state index is 11.5. The summed E-state index contributed by atoms with van der Waals surface area (Å²) in [4.78, 5) is 13.7. The van der Waals surface area contributed by atoms with Crippen molar-refractivity contribution in [3.05, 3.63) is 0 Å². The Morgan fingerprint density at radius 1 is 1.40 bits per heavy atom. The van der Waals surface area contributed by atoms with Crippen molar-refractivity contribution < 1.29 is 18.3 Å². The number of likely N-dealkylation sites (tertiary alicyclic amines) is 1. The fourth-order valence-corrected chi connectivity index (χ4v) is 2.95. The third-order valence-corrected chi connectivity index (χ3v) is 3.94. The molecule has 0 radical (unpaired) electrons. The highest BCUT2D eigenvalue weighted by Gasteiger charge is 2.21. The van der Waals surface area contributed by atoms with Crippen LogP contribution in [0, 0.1) is 5.92 Å². The van der Waals surface area contributed by atoms with Crippen molar-refractivity contribution in [1.82, 2.24) is 10.2 Å². The number of carbonyl (C=O) groups excluding carboxylic acids is 1. The minimum atomic E-state index is -1.69. The van der Waals surface area contributed by atoms with E-state index in [9.17, 15) is 9.00 Å². The van der Waals surface area contributed by atoms with Crippen LogP contribution >= 0.6 is 0 Å². The summed E-state index contributed by atoms with van der Waals surface area (Å²) in [6, 6.07) is 0. The Labute approximate surface area is 123 Å². The SMILES string of the molecule is CC(C)(C)OC(=O)NCCN1CCC(CS(=O)O)CC1. The number of amides is 1. The molecule has 1 heterocycles. The van der Waals surface area contributed by atoms with Gasteiger partial charge in [-0.1, -0.05) is 0 Å². The number of nitrogens with zero attached hydrogens (tertiary/aromatic N) is 1. The molecular weight excluding hydrogens is 280 g/mol. The summed E-state index contributed by atoms with van der Waals surface area (Å²) in [7, 11) is 0. The van der Waals surface area contributed by atoms with Gasteiger partial charge in [-0.05, 0) is 52.6 Å². The van der Waals surface area contributed by atoms with E-state index in [0.717, 1.165) is 32.5 Å². The molecule has 1 atom stereocenters. The summed E-state index contributed by atoms with van der Waals surface area (Å²) in [5.74, 6) is 0.722. The van der Waals surface area contributed by atoms with Gasteiger partial charge in [0.25, 0.3) is 0 Å². The second kappa shape index (κ2) is 7.95. The van der Waals surface area contributed by atoms with E-state index in [1.54, 1.807) is 0 Å². The fraction of sp³-hybridized carbons (Fsp3) is 0.923. The predicted molar refractivity (Wildman–Crippen MR) is 79.0 cm³/mol. The Morgan fingerprint density at radius 2 is 2.00 bits per heavy atom. The lowest BCUT2D eigenvalue weighted by molar-refractivity contribution is 0.0519. The lowest BCUT2D eigenvalue weighted by Crippen LogP contribution is -2.41. The van der Waals surface area contributed by atoms with Gasteiger partial charge >= 0.3 is 6.09 Å². The smallest absolute Gasteiger partial charge is 0.407 e. The summed E-state index contributed by atoms with van der Waals surface area (Å²) < 4.78 is 24.8. The monoisotopic (exact) mass is 306 g/mol. The highest BCUT2D eigenvalue weighted by atomic mass is 32.2. The number of piperidine rings is 1. The Kier molecular flexibility index (Phi) is 6.91. The summed E-state index contributed by atoms with van der Waals surface area (Å²) in [5.41, 5.74) is -0.470. The van der Waals surface area contributed by atoms with E-state index in [1.165, 1.54) is 0 Å². The highest BCUT2D eigenvalue weighted by Crippen LogP contribution is 2.17. The molecule has 20 heavy (non-hydrogen) atoms. The van der Waals surface area contributed by atoms with Gasteiger partial charge < -0.3 is 19.5 Å². The molecule has 2 N–H and O–H groups in total. The van der Waals surface area contributed by atoms with Crippen molar-refractivity contribution in [2.45, 2.75) is 39.2 Å². The van der Waals surface area contributed by atoms with Crippen LogP contribution in [0.2, 0.25) is 0 Å². The molecule has 0 aromatic rings. The largest absolute Gasteiger partial charge is 0.444 e. The summed E-state index contributed by atoms with van der Waals surface area (Å²) in [5, 5.41) is 2.74. The molecule has 1 aliphatic heterocycles. The lowest BCUT2D eigenvalue weighted by Gasteiger charge is -2.31.